The summed E-state index contributed by atoms with van der Waals surface area (Å²) in [7, 11) is 0. The van der Waals surface area contributed by atoms with Crippen LogP contribution in [0, 0.1) is 0 Å². The van der Waals surface area contributed by atoms with Crippen molar-refractivity contribution in [2.75, 3.05) is 6.54 Å². The Labute approximate surface area is 49.2 Å². The average molecular weight is 116 g/mol. The van der Waals surface area contributed by atoms with Crippen LogP contribution in [0.1, 0.15) is 6.92 Å². The standard InChI is InChI=1S/C5H12N2O/c1-5(8)4-7-3-2-6/h2-3,5,7-8H,4,6H2,1H3/b3-2+. The Morgan fingerprint density at radius 2 is 2.50 bits per heavy atom. The Bertz CT molecular complexity index is 70.8. The molecule has 0 fully saturated rings. The van der Waals surface area contributed by atoms with E-state index in [1.165, 1.54) is 6.20 Å². The zero-order valence-corrected chi connectivity index (χ0v) is 4.96. The fourth-order valence-corrected chi connectivity index (χ4v) is 0.307. The highest BCUT2D eigenvalue weighted by molar-refractivity contribution is 4.72. The molecule has 0 aromatic heterocycles. The summed E-state index contributed by atoms with van der Waals surface area (Å²) in [5, 5.41) is 11.4. The maximum Gasteiger partial charge on any atom is 0.0684 e. The third kappa shape index (κ3) is 5.30. The number of rotatable bonds is 3. The maximum absolute atomic E-state index is 8.64. The first kappa shape index (κ1) is 7.30. The molecular weight excluding hydrogens is 104 g/mol. The normalized spacial score (nSPS) is 14.2. The smallest absolute Gasteiger partial charge is 0.0684 e. The van der Waals surface area contributed by atoms with E-state index in [-0.39, 0.29) is 6.10 Å². The van der Waals surface area contributed by atoms with Crippen LogP contribution in [0.15, 0.2) is 12.4 Å². The van der Waals surface area contributed by atoms with Crippen molar-refractivity contribution in [3.05, 3.63) is 12.4 Å². The van der Waals surface area contributed by atoms with Crippen molar-refractivity contribution in [1.29, 1.82) is 0 Å². The Morgan fingerprint density at radius 3 is 2.88 bits per heavy atom. The molecular formula is C5H12N2O. The summed E-state index contributed by atoms with van der Waals surface area (Å²) in [5.74, 6) is 0. The van der Waals surface area contributed by atoms with Crippen LogP contribution in [0.2, 0.25) is 0 Å². The molecule has 0 saturated carbocycles. The molecule has 0 rings (SSSR count). The van der Waals surface area contributed by atoms with E-state index >= 15 is 0 Å². The van der Waals surface area contributed by atoms with Crippen LogP contribution < -0.4 is 11.1 Å². The summed E-state index contributed by atoms with van der Waals surface area (Å²) >= 11 is 0. The molecule has 0 radical (unpaired) electrons. The number of nitrogens with two attached hydrogens (primary N) is 1. The predicted octanol–water partition coefficient (Wildman–Crippen LogP) is -0.613. The van der Waals surface area contributed by atoms with E-state index in [0.29, 0.717) is 6.54 Å². The third-order valence-corrected chi connectivity index (χ3v) is 0.627. The van der Waals surface area contributed by atoms with Crippen LogP contribution >= 0.6 is 0 Å². The minimum absolute atomic E-state index is 0.314. The molecule has 0 aliphatic rings. The van der Waals surface area contributed by atoms with Gasteiger partial charge in [-0.2, -0.15) is 0 Å². The Kier molecular flexibility index (Phi) is 4.07. The summed E-state index contributed by atoms with van der Waals surface area (Å²) in [4.78, 5) is 0. The third-order valence-electron chi connectivity index (χ3n) is 0.627. The number of hydrogen-bond donors (Lipinski definition) is 3. The van der Waals surface area contributed by atoms with Crippen molar-refractivity contribution >= 4 is 0 Å². The molecule has 0 saturated heterocycles. The van der Waals surface area contributed by atoms with Crippen molar-refractivity contribution in [1.82, 2.24) is 5.32 Å². The second-order valence-electron chi connectivity index (χ2n) is 1.62. The van der Waals surface area contributed by atoms with Gasteiger partial charge in [0.1, 0.15) is 0 Å². The fraction of sp³-hybridized carbons (Fsp3) is 0.600. The van der Waals surface area contributed by atoms with Gasteiger partial charge in [-0.15, -0.1) is 0 Å². The fourth-order valence-electron chi connectivity index (χ4n) is 0.307. The van der Waals surface area contributed by atoms with Crippen LogP contribution in [0.25, 0.3) is 0 Å². The summed E-state index contributed by atoms with van der Waals surface area (Å²) in [6.07, 6.45) is 2.67. The lowest BCUT2D eigenvalue weighted by Crippen LogP contribution is -2.19. The highest BCUT2D eigenvalue weighted by Crippen LogP contribution is 1.72. The molecule has 1 unspecified atom stereocenters. The number of hydrogen-bond acceptors (Lipinski definition) is 3. The summed E-state index contributed by atoms with van der Waals surface area (Å²) in [6, 6.07) is 0. The number of aliphatic hydroxyl groups is 1. The Balaban J connectivity index is 2.93. The molecule has 0 aromatic rings. The minimum Gasteiger partial charge on any atom is -0.403 e. The van der Waals surface area contributed by atoms with Gasteiger partial charge in [0, 0.05) is 18.9 Å². The van der Waals surface area contributed by atoms with Crippen molar-refractivity contribution in [2.24, 2.45) is 5.73 Å². The molecule has 48 valence electrons. The van der Waals surface area contributed by atoms with Crippen LogP contribution in [0.4, 0.5) is 0 Å². The second-order valence-corrected chi connectivity index (χ2v) is 1.62. The first-order valence-electron chi connectivity index (χ1n) is 2.55. The zero-order chi connectivity index (χ0) is 6.41. The summed E-state index contributed by atoms with van der Waals surface area (Å²) in [5.41, 5.74) is 4.99. The Morgan fingerprint density at radius 1 is 1.88 bits per heavy atom. The molecule has 0 amide bonds. The number of nitrogens with one attached hydrogen (secondary N) is 1. The van der Waals surface area contributed by atoms with Gasteiger partial charge in [-0.1, -0.05) is 0 Å². The lowest BCUT2D eigenvalue weighted by atomic mass is 10.4. The highest BCUT2D eigenvalue weighted by atomic mass is 16.3. The molecule has 3 heteroatoms. The topological polar surface area (TPSA) is 58.3 Å². The average Bonchev–Trinajstić information content (AvgIpc) is 1.66. The van der Waals surface area contributed by atoms with E-state index in [1.807, 2.05) is 0 Å². The lowest BCUT2D eigenvalue weighted by molar-refractivity contribution is 0.196. The van der Waals surface area contributed by atoms with Crippen molar-refractivity contribution in [3.8, 4) is 0 Å². The van der Waals surface area contributed by atoms with Crippen molar-refractivity contribution in [3.63, 3.8) is 0 Å². The molecule has 0 aromatic carbocycles. The van der Waals surface area contributed by atoms with Gasteiger partial charge in [-0.05, 0) is 6.92 Å². The minimum atomic E-state index is -0.314. The van der Waals surface area contributed by atoms with Gasteiger partial charge in [0.25, 0.3) is 0 Å². The van der Waals surface area contributed by atoms with E-state index in [2.05, 4.69) is 5.32 Å². The Hall–Kier alpha value is -0.700. The van der Waals surface area contributed by atoms with E-state index in [1.54, 1.807) is 13.1 Å². The van der Waals surface area contributed by atoms with Gasteiger partial charge in [0.05, 0.1) is 6.10 Å². The molecule has 3 nitrogen and oxygen atoms in total. The zero-order valence-electron chi connectivity index (χ0n) is 4.96. The predicted molar refractivity (Wildman–Crippen MR) is 33.0 cm³/mol. The molecule has 1 atom stereocenters. The monoisotopic (exact) mass is 116 g/mol. The molecule has 8 heavy (non-hydrogen) atoms. The van der Waals surface area contributed by atoms with Gasteiger partial charge < -0.3 is 16.2 Å². The largest absolute Gasteiger partial charge is 0.403 e. The van der Waals surface area contributed by atoms with E-state index in [9.17, 15) is 0 Å². The molecule has 4 N–H and O–H groups in total. The highest BCUT2D eigenvalue weighted by Gasteiger charge is 1.87. The van der Waals surface area contributed by atoms with Crippen LogP contribution in [-0.4, -0.2) is 17.8 Å². The van der Waals surface area contributed by atoms with Gasteiger partial charge >= 0.3 is 0 Å². The van der Waals surface area contributed by atoms with Gasteiger partial charge in [-0.25, -0.2) is 0 Å². The molecule has 0 aliphatic heterocycles. The van der Waals surface area contributed by atoms with Crippen LogP contribution in [0.3, 0.4) is 0 Å². The lowest BCUT2D eigenvalue weighted by Gasteiger charge is -2.00. The van der Waals surface area contributed by atoms with E-state index in [0.717, 1.165) is 0 Å². The van der Waals surface area contributed by atoms with Crippen LogP contribution in [0.5, 0.6) is 0 Å². The SMILES string of the molecule is CC(O)CN/C=C/N. The summed E-state index contributed by atoms with van der Waals surface area (Å²) < 4.78 is 0. The van der Waals surface area contributed by atoms with E-state index < -0.39 is 0 Å². The van der Waals surface area contributed by atoms with Crippen LogP contribution in [-0.2, 0) is 0 Å². The summed E-state index contributed by atoms with van der Waals surface area (Å²) in [6.45, 7) is 2.26. The van der Waals surface area contributed by atoms with Crippen molar-refractivity contribution in [2.45, 2.75) is 13.0 Å². The molecule has 0 aliphatic carbocycles. The molecule has 0 bridgehead atoms. The first-order valence-corrected chi connectivity index (χ1v) is 2.55. The first-order chi connectivity index (χ1) is 3.77. The van der Waals surface area contributed by atoms with Gasteiger partial charge in [0.2, 0.25) is 0 Å². The quantitative estimate of drug-likeness (QED) is 0.461. The van der Waals surface area contributed by atoms with E-state index in [4.69, 9.17) is 10.8 Å². The second kappa shape index (κ2) is 4.46. The molecule has 0 spiro atoms. The maximum atomic E-state index is 8.64. The van der Waals surface area contributed by atoms with Gasteiger partial charge in [0.15, 0.2) is 0 Å². The molecule has 0 heterocycles. The van der Waals surface area contributed by atoms with Crippen molar-refractivity contribution < 1.29 is 5.11 Å². The van der Waals surface area contributed by atoms with Gasteiger partial charge in [-0.3, -0.25) is 0 Å². The number of aliphatic hydroxyl groups excluding tert-OH is 1.